The number of benzene rings is 1. The SMILES string of the molecule is CCCN(CCN)C(=O)Oc1ccccc1. The quantitative estimate of drug-likeness (QED) is 0.827. The zero-order valence-corrected chi connectivity index (χ0v) is 9.56. The van der Waals surface area contributed by atoms with E-state index in [2.05, 4.69) is 0 Å². The number of para-hydroxylation sites is 1. The zero-order chi connectivity index (χ0) is 11.8. The van der Waals surface area contributed by atoms with Gasteiger partial charge in [-0.25, -0.2) is 4.79 Å². The van der Waals surface area contributed by atoms with Crippen LogP contribution in [0.4, 0.5) is 4.79 Å². The first-order valence-corrected chi connectivity index (χ1v) is 5.49. The molecule has 0 aliphatic rings. The third-order valence-corrected chi connectivity index (χ3v) is 2.10. The summed E-state index contributed by atoms with van der Waals surface area (Å²) in [6.45, 7) is 3.66. The number of hydrogen-bond acceptors (Lipinski definition) is 3. The van der Waals surface area contributed by atoms with E-state index in [-0.39, 0.29) is 6.09 Å². The molecule has 16 heavy (non-hydrogen) atoms. The molecule has 88 valence electrons. The zero-order valence-electron chi connectivity index (χ0n) is 9.56. The van der Waals surface area contributed by atoms with Crippen molar-refractivity contribution in [3.8, 4) is 5.75 Å². The van der Waals surface area contributed by atoms with Gasteiger partial charge in [0, 0.05) is 19.6 Å². The number of amides is 1. The van der Waals surface area contributed by atoms with Crippen molar-refractivity contribution >= 4 is 6.09 Å². The van der Waals surface area contributed by atoms with Gasteiger partial charge < -0.3 is 15.4 Å². The molecule has 0 bridgehead atoms. The predicted octanol–water partition coefficient (Wildman–Crippen LogP) is 1.86. The van der Waals surface area contributed by atoms with Crippen molar-refractivity contribution in [1.29, 1.82) is 0 Å². The molecule has 4 nitrogen and oxygen atoms in total. The van der Waals surface area contributed by atoms with Crippen molar-refractivity contribution in [3.63, 3.8) is 0 Å². The average Bonchev–Trinajstić information content (AvgIpc) is 2.30. The highest BCUT2D eigenvalue weighted by molar-refractivity contribution is 5.70. The Morgan fingerprint density at radius 2 is 2.00 bits per heavy atom. The molecule has 0 aliphatic carbocycles. The molecule has 0 unspecified atom stereocenters. The van der Waals surface area contributed by atoms with Crippen LogP contribution in [0, 0.1) is 0 Å². The first-order chi connectivity index (χ1) is 7.77. The molecule has 4 heteroatoms. The molecule has 1 amide bonds. The predicted molar refractivity (Wildman–Crippen MR) is 63.4 cm³/mol. The van der Waals surface area contributed by atoms with E-state index in [1.54, 1.807) is 17.0 Å². The Hall–Kier alpha value is -1.55. The molecule has 1 rings (SSSR count). The molecule has 1 aromatic rings. The summed E-state index contributed by atoms with van der Waals surface area (Å²) in [4.78, 5) is 13.4. The first kappa shape index (κ1) is 12.5. The molecular formula is C12H18N2O2. The van der Waals surface area contributed by atoms with Crippen molar-refractivity contribution in [3.05, 3.63) is 30.3 Å². The Labute approximate surface area is 96.0 Å². The van der Waals surface area contributed by atoms with Crippen LogP contribution in [0.15, 0.2) is 30.3 Å². The molecule has 0 fully saturated rings. The summed E-state index contributed by atoms with van der Waals surface area (Å²) in [5.41, 5.74) is 5.44. The van der Waals surface area contributed by atoms with Gasteiger partial charge >= 0.3 is 6.09 Å². The van der Waals surface area contributed by atoms with Crippen molar-refractivity contribution in [1.82, 2.24) is 4.90 Å². The molecule has 0 radical (unpaired) electrons. The van der Waals surface area contributed by atoms with Crippen LogP contribution in [0.5, 0.6) is 5.75 Å². The number of carbonyl (C=O) groups excluding carboxylic acids is 1. The Bertz CT molecular complexity index is 308. The molecule has 0 heterocycles. The van der Waals surface area contributed by atoms with Gasteiger partial charge in [-0.3, -0.25) is 0 Å². The van der Waals surface area contributed by atoms with Crippen LogP contribution in [0.25, 0.3) is 0 Å². The van der Waals surface area contributed by atoms with Gasteiger partial charge in [-0.1, -0.05) is 25.1 Å². The van der Waals surface area contributed by atoms with Gasteiger partial charge in [-0.2, -0.15) is 0 Å². The second kappa shape index (κ2) is 6.85. The third kappa shape index (κ3) is 3.90. The van der Waals surface area contributed by atoms with Crippen molar-refractivity contribution in [2.45, 2.75) is 13.3 Å². The van der Waals surface area contributed by atoms with Crippen LogP contribution in [0.3, 0.4) is 0 Å². The Kier molecular flexibility index (Phi) is 5.36. The maximum atomic E-state index is 11.7. The van der Waals surface area contributed by atoms with E-state index in [1.807, 2.05) is 25.1 Å². The Balaban J connectivity index is 2.55. The van der Waals surface area contributed by atoms with Crippen molar-refractivity contribution < 1.29 is 9.53 Å². The fourth-order valence-electron chi connectivity index (χ4n) is 1.37. The van der Waals surface area contributed by atoms with E-state index < -0.39 is 0 Å². The second-order valence-corrected chi connectivity index (χ2v) is 3.46. The summed E-state index contributed by atoms with van der Waals surface area (Å²) in [6.07, 6.45) is 0.558. The van der Waals surface area contributed by atoms with Crippen LogP contribution in [0.2, 0.25) is 0 Å². The monoisotopic (exact) mass is 222 g/mol. The highest BCUT2D eigenvalue weighted by Gasteiger charge is 2.13. The van der Waals surface area contributed by atoms with Crippen LogP contribution in [-0.2, 0) is 0 Å². The summed E-state index contributed by atoms with van der Waals surface area (Å²) in [5, 5.41) is 0. The summed E-state index contributed by atoms with van der Waals surface area (Å²) >= 11 is 0. The average molecular weight is 222 g/mol. The van der Waals surface area contributed by atoms with E-state index in [0.29, 0.717) is 25.4 Å². The molecule has 2 N–H and O–H groups in total. The van der Waals surface area contributed by atoms with E-state index in [0.717, 1.165) is 6.42 Å². The lowest BCUT2D eigenvalue weighted by Gasteiger charge is -2.20. The first-order valence-electron chi connectivity index (χ1n) is 5.49. The number of nitrogens with zero attached hydrogens (tertiary/aromatic N) is 1. The van der Waals surface area contributed by atoms with Crippen LogP contribution in [-0.4, -0.2) is 30.6 Å². The second-order valence-electron chi connectivity index (χ2n) is 3.46. The van der Waals surface area contributed by atoms with E-state index in [4.69, 9.17) is 10.5 Å². The van der Waals surface area contributed by atoms with Gasteiger partial charge in [0.15, 0.2) is 0 Å². The summed E-state index contributed by atoms with van der Waals surface area (Å²) in [5.74, 6) is 0.561. The third-order valence-electron chi connectivity index (χ3n) is 2.10. The number of carbonyl (C=O) groups is 1. The highest BCUT2D eigenvalue weighted by atomic mass is 16.6. The summed E-state index contributed by atoms with van der Waals surface area (Å²) < 4.78 is 5.21. The van der Waals surface area contributed by atoms with Gasteiger partial charge in [-0.15, -0.1) is 0 Å². The number of hydrogen-bond donors (Lipinski definition) is 1. The number of ether oxygens (including phenoxy) is 1. The van der Waals surface area contributed by atoms with Crippen LogP contribution < -0.4 is 10.5 Å². The Morgan fingerprint density at radius 1 is 1.31 bits per heavy atom. The minimum absolute atomic E-state index is 0.335. The van der Waals surface area contributed by atoms with Gasteiger partial charge in [0.05, 0.1) is 0 Å². The van der Waals surface area contributed by atoms with Gasteiger partial charge in [0.25, 0.3) is 0 Å². The van der Waals surface area contributed by atoms with E-state index >= 15 is 0 Å². The topological polar surface area (TPSA) is 55.6 Å². The molecule has 0 saturated carbocycles. The minimum Gasteiger partial charge on any atom is -0.410 e. The normalized spacial score (nSPS) is 9.88. The Morgan fingerprint density at radius 3 is 2.56 bits per heavy atom. The minimum atomic E-state index is -0.335. The lowest BCUT2D eigenvalue weighted by Crippen LogP contribution is -2.37. The molecule has 0 saturated heterocycles. The van der Waals surface area contributed by atoms with Gasteiger partial charge in [0.2, 0.25) is 0 Å². The maximum Gasteiger partial charge on any atom is 0.415 e. The fraction of sp³-hybridized carbons (Fsp3) is 0.417. The fourth-order valence-corrected chi connectivity index (χ4v) is 1.37. The van der Waals surface area contributed by atoms with E-state index in [9.17, 15) is 4.79 Å². The standard InChI is InChI=1S/C12H18N2O2/c1-2-9-14(10-8-13)12(15)16-11-6-4-3-5-7-11/h3-7H,2,8-10,13H2,1H3. The largest absolute Gasteiger partial charge is 0.415 e. The van der Waals surface area contributed by atoms with Crippen molar-refractivity contribution in [2.75, 3.05) is 19.6 Å². The lowest BCUT2D eigenvalue weighted by atomic mass is 10.3. The maximum absolute atomic E-state index is 11.7. The molecule has 0 spiro atoms. The van der Waals surface area contributed by atoms with Crippen molar-refractivity contribution in [2.24, 2.45) is 5.73 Å². The highest BCUT2D eigenvalue weighted by Crippen LogP contribution is 2.10. The molecule has 1 aromatic carbocycles. The molecule has 0 aliphatic heterocycles. The smallest absolute Gasteiger partial charge is 0.410 e. The molecule has 0 atom stereocenters. The number of rotatable bonds is 5. The van der Waals surface area contributed by atoms with Gasteiger partial charge in [0.1, 0.15) is 5.75 Å². The van der Waals surface area contributed by atoms with E-state index in [1.165, 1.54) is 0 Å². The summed E-state index contributed by atoms with van der Waals surface area (Å²) in [7, 11) is 0. The van der Waals surface area contributed by atoms with Crippen LogP contribution in [0.1, 0.15) is 13.3 Å². The molecular weight excluding hydrogens is 204 g/mol. The number of nitrogens with two attached hydrogens (primary N) is 1. The molecule has 0 aromatic heterocycles. The summed E-state index contributed by atoms with van der Waals surface area (Å²) in [6, 6.07) is 9.04. The van der Waals surface area contributed by atoms with Crippen LogP contribution >= 0.6 is 0 Å². The lowest BCUT2D eigenvalue weighted by molar-refractivity contribution is 0.153. The van der Waals surface area contributed by atoms with Gasteiger partial charge in [-0.05, 0) is 18.6 Å².